The quantitative estimate of drug-likeness (QED) is 0.623. The number of rotatable bonds is 6. The molecule has 2 nitrogen and oxygen atoms in total. The molecule has 0 aromatic heterocycles. The van der Waals surface area contributed by atoms with Crippen molar-refractivity contribution < 1.29 is 0 Å². The van der Waals surface area contributed by atoms with Crippen molar-refractivity contribution in [1.82, 2.24) is 5.32 Å². The van der Waals surface area contributed by atoms with Crippen molar-refractivity contribution in [3.63, 3.8) is 0 Å². The number of hydrogen-bond donors (Lipinski definition) is 2. The highest BCUT2D eigenvalue weighted by Gasteiger charge is 2.09. The van der Waals surface area contributed by atoms with E-state index in [4.69, 9.17) is 5.73 Å². The van der Waals surface area contributed by atoms with Crippen molar-refractivity contribution in [1.29, 1.82) is 0 Å². The van der Waals surface area contributed by atoms with Gasteiger partial charge in [-0.15, -0.1) is 0 Å². The molecule has 0 saturated carbocycles. The normalized spacial score (nSPS) is 12.5. The Morgan fingerprint density at radius 2 is 2.00 bits per heavy atom. The highest BCUT2D eigenvalue weighted by molar-refractivity contribution is 7.99. The topological polar surface area (TPSA) is 38.0 Å². The molecule has 0 aliphatic carbocycles. The van der Waals surface area contributed by atoms with Gasteiger partial charge in [-0.1, -0.05) is 13.8 Å². The Bertz CT molecular complexity index is 108. The molecule has 0 fully saturated rings. The van der Waals surface area contributed by atoms with Gasteiger partial charge in [0.05, 0.1) is 0 Å². The fraction of sp³-hybridized carbons (Fsp3) is 1.00. The van der Waals surface area contributed by atoms with Crippen molar-refractivity contribution in [2.75, 3.05) is 18.1 Å². The van der Waals surface area contributed by atoms with Crippen LogP contribution in [-0.2, 0) is 0 Å². The zero-order valence-corrected chi connectivity index (χ0v) is 9.50. The molecule has 0 aliphatic rings. The van der Waals surface area contributed by atoms with E-state index in [9.17, 15) is 0 Å². The average Bonchev–Trinajstić information content (AvgIpc) is 1.83. The summed E-state index contributed by atoms with van der Waals surface area (Å²) >= 11 is 1.91. The fourth-order valence-corrected chi connectivity index (χ4v) is 1.69. The molecule has 0 radical (unpaired) electrons. The number of hydrogen-bond acceptors (Lipinski definition) is 3. The van der Waals surface area contributed by atoms with Gasteiger partial charge in [0.1, 0.15) is 0 Å². The van der Waals surface area contributed by atoms with Gasteiger partial charge in [-0.25, -0.2) is 0 Å². The maximum Gasteiger partial charge on any atom is 0.0188 e. The minimum atomic E-state index is -0.0253. The molecule has 0 aliphatic heterocycles. The molecule has 0 bridgehead atoms. The van der Waals surface area contributed by atoms with E-state index in [1.54, 1.807) is 0 Å². The van der Waals surface area contributed by atoms with Gasteiger partial charge in [0.2, 0.25) is 0 Å². The summed E-state index contributed by atoms with van der Waals surface area (Å²) in [4.78, 5) is 0. The lowest BCUT2D eigenvalue weighted by Crippen LogP contribution is -2.35. The van der Waals surface area contributed by atoms with Crippen molar-refractivity contribution >= 4 is 11.8 Å². The van der Waals surface area contributed by atoms with Gasteiger partial charge in [-0.05, 0) is 13.8 Å². The summed E-state index contributed by atoms with van der Waals surface area (Å²) in [5.74, 6) is 2.19. The Kier molecular flexibility index (Phi) is 5.97. The van der Waals surface area contributed by atoms with E-state index in [2.05, 4.69) is 33.0 Å². The minimum Gasteiger partial charge on any atom is -0.325 e. The Morgan fingerprint density at radius 3 is 2.42 bits per heavy atom. The van der Waals surface area contributed by atoms with E-state index in [0.717, 1.165) is 18.1 Å². The average molecular weight is 190 g/mol. The molecule has 0 rings (SSSR count). The first-order valence-electron chi connectivity index (χ1n) is 4.52. The van der Waals surface area contributed by atoms with Crippen LogP contribution in [0.25, 0.3) is 0 Å². The summed E-state index contributed by atoms with van der Waals surface area (Å²) in [6.45, 7) is 9.54. The summed E-state index contributed by atoms with van der Waals surface area (Å²) in [6, 6.07) is 0.594. The molecule has 0 aromatic rings. The second-order valence-corrected chi connectivity index (χ2v) is 5.26. The van der Waals surface area contributed by atoms with Crippen LogP contribution in [0.3, 0.4) is 0 Å². The van der Waals surface area contributed by atoms with E-state index in [1.807, 2.05) is 11.8 Å². The monoisotopic (exact) mass is 190 g/mol. The Hall–Kier alpha value is 0.270. The van der Waals surface area contributed by atoms with E-state index >= 15 is 0 Å². The molecule has 3 N–H and O–H groups in total. The summed E-state index contributed by atoms with van der Waals surface area (Å²) in [6.07, 6.45) is 0. The van der Waals surface area contributed by atoms with Crippen LogP contribution in [0, 0.1) is 0 Å². The molecule has 0 heterocycles. The Labute approximate surface area is 80.7 Å². The first kappa shape index (κ1) is 12.3. The predicted octanol–water partition coefficient (Wildman–Crippen LogP) is 1.45. The second kappa shape index (κ2) is 5.84. The minimum absolute atomic E-state index is 0.0253. The van der Waals surface area contributed by atoms with Crippen LogP contribution in [0.2, 0.25) is 0 Å². The zero-order valence-electron chi connectivity index (χ0n) is 8.68. The lowest BCUT2D eigenvalue weighted by Gasteiger charge is -2.17. The molecule has 74 valence electrons. The standard InChI is InChI=1S/C9H22N2S/c1-8(2)11-5-6-12-7-9(3,4)10/h8,11H,5-7,10H2,1-4H3. The first-order chi connectivity index (χ1) is 5.42. The highest BCUT2D eigenvalue weighted by atomic mass is 32.2. The van der Waals surface area contributed by atoms with Crippen molar-refractivity contribution in [3.05, 3.63) is 0 Å². The Balaban J connectivity index is 3.12. The molecule has 0 amide bonds. The summed E-state index contributed by atoms with van der Waals surface area (Å²) in [7, 11) is 0. The van der Waals surface area contributed by atoms with Crippen molar-refractivity contribution in [2.45, 2.75) is 39.3 Å². The zero-order chi connectivity index (χ0) is 9.61. The van der Waals surface area contributed by atoms with Crippen LogP contribution in [-0.4, -0.2) is 29.6 Å². The molecular formula is C9H22N2S. The second-order valence-electron chi connectivity index (χ2n) is 4.15. The van der Waals surface area contributed by atoms with Gasteiger partial charge in [0, 0.05) is 29.6 Å². The SMILES string of the molecule is CC(C)NCCSCC(C)(C)N. The van der Waals surface area contributed by atoms with E-state index < -0.39 is 0 Å². The van der Waals surface area contributed by atoms with Gasteiger partial charge in [0.25, 0.3) is 0 Å². The molecule has 12 heavy (non-hydrogen) atoms. The maximum absolute atomic E-state index is 5.84. The highest BCUT2D eigenvalue weighted by Crippen LogP contribution is 2.08. The Morgan fingerprint density at radius 1 is 1.42 bits per heavy atom. The third-order valence-electron chi connectivity index (χ3n) is 1.27. The van der Waals surface area contributed by atoms with Gasteiger partial charge in [0.15, 0.2) is 0 Å². The van der Waals surface area contributed by atoms with Crippen LogP contribution in [0.4, 0.5) is 0 Å². The molecular weight excluding hydrogens is 168 g/mol. The van der Waals surface area contributed by atoms with Crippen molar-refractivity contribution in [2.24, 2.45) is 5.73 Å². The molecule has 0 atom stereocenters. The first-order valence-corrected chi connectivity index (χ1v) is 5.67. The summed E-state index contributed by atoms with van der Waals surface area (Å²) < 4.78 is 0. The van der Waals surface area contributed by atoms with Crippen molar-refractivity contribution in [3.8, 4) is 0 Å². The molecule has 0 aromatic carbocycles. The van der Waals surface area contributed by atoms with E-state index in [0.29, 0.717) is 6.04 Å². The smallest absolute Gasteiger partial charge is 0.0188 e. The number of nitrogens with two attached hydrogens (primary N) is 1. The van der Waals surface area contributed by atoms with Gasteiger partial charge < -0.3 is 11.1 Å². The predicted molar refractivity (Wildman–Crippen MR) is 58.7 cm³/mol. The van der Waals surface area contributed by atoms with Gasteiger partial charge in [-0.2, -0.15) is 11.8 Å². The third-order valence-corrected chi connectivity index (χ3v) is 2.71. The molecule has 3 heteroatoms. The lowest BCUT2D eigenvalue weighted by molar-refractivity contribution is 0.589. The van der Waals surface area contributed by atoms with Crippen LogP contribution in [0.5, 0.6) is 0 Å². The van der Waals surface area contributed by atoms with E-state index in [-0.39, 0.29) is 5.54 Å². The van der Waals surface area contributed by atoms with Gasteiger partial charge >= 0.3 is 0 Å². The lowest BCUT2D eigenvalue weighted by atomic mass is 10.1. The van der Waals surface area contributed by atoms with E-state index in [1.165, 1.54) is 0 Å². The summed E-state index contributed by atoms with van der Waals surface area (Å²) in [5, 5.41) is 3.37. The van der Waals surface area contributed by atoms with Crippen LogP contribution in [0.1, 0.15) is 27.7 Å². The third kappa shape index (κ3) is 10.3. The molecule has 0 saturated heterocycles. The molecule has 0 spiro atoms. The number of nitrogens with one attached hydrogen (secondary N) is 1. The van der Waals surface area contributed by atoms with Crippen LogP contribution in [0.15, 0.2) is 0 Å². The van der Waals surface area contributed by atoms with Crippen LogP contribution < -0.4 is 11.1 Å². The van der Waals surface area contributed by atoms with Gasteiger partial charge in [-0.3, -0.25) is 0 Å². The summed E-state index contributed by atoms with van der Waals surface area (Å²) in [5.41, 5.74) is 5.81. The number of thioether (sulfide) groups is 1. The molecule has 0 unspecified atom stereocenters. The maximum atomic E-state index is 5.84. The van der Waals surface area contributed by atoms with Crippen LogP contribution >= 0.6 is 11.8 Å². The largest absolute Gasteiger partial charge is 0.325 e. The fourth-order valence-electron chi connectivity index (χ4n) is 0.755.